The third kappa shape index (κ3) is 5.67. The van der Waals surface area contributed by atoms with Crippen LogP contribution >= 0.6 is 24.0 Å². The summed E-state index contributed by atoms with van der Waals surface area (Å²) in [7, 11) is 0. The van der Waals surface area contributed by atoms with Gasteiger partial charge in [0.05, 0.1) is 18.9 Å². The van der Waals surface area contributed by atoms with Crippen molar-refractivity contribution < 1.29 is 9.57 Å². The van der Waals surface area contributed by atoms with Crippen molar-refractivity contribution >= 4 is 29.7 Å². The van der Waals surface area contributed by atoms with Crippen molar-refractivity contribution in [2.75, 3.05) is 39.5 Å². The molecule has 0 bridgehead atoms. The van der Waals surface area contributed by atoms with Crippen molar-refractivity contribution in [3.8, 4) is 0 Å². The maximum atomic E-state index is 5.84. The summed E-state index contributed by atoms with van der Waals surface area (Å²) in [4.78, 5) is 7.67. The van der Waals surface area contributed by atoms with Crippen LogP contribution in [0, 0.1) is 0 Å². The van der Waals surface area contributed by atoms with E-state index in [1.807, 2.05) is 31.2 Å². The fourth-order valence-corrected chi connectivity index (χ4v) is 2.01. The molecule has 0 aromatic heterocycles. The van der Waals surface area contributed by atoms with E-state index in [1.165, 1.54) is 0 Å². The van der Waals surface area contributed by atoms with Gasteiger partial charge in [0.1, 0.15) is 6.61 Å². The van der Waals surface area contributed by atoms with Crippen LogP contribution in [0.25, 0.3) is 0 Å². The lowest BCUT2D eigenvalue weighted by atomic mass is 10.1. The SMILES string of the molecule is CC(=NOCCN1CCOCC1)c1ccc(Cl)cc1.Cl. The van der Waals surface area contributed by atoms with Crippen molar-refractivity contribution in [3.63, 3.8) is 0 Å². The minimum absolute atomic E-state index is 0. The second-order valence-corrected chi connectivity index (χ2v) is 4.91. The largest absolute Gasteiger partial charge is 0.394 e. The van der Waals surface area contributed by atoms with Gasteiger partial charge in [0, 0.05) is 24.7 Å². The topological polar surface area (TPSA) is 34.1 Å². The molecule has 6 heteroatoms. The van der Waals surface area contributed by atoms with E-state index in [0.29, 0.717) is 6.61 Å². The highest BCUT2D eigenvalue weighted by Gasteiger charge is 2.09. The predicted octanol–water partition coefficient (Wildman–Crippen LogP) is 2.83. The lowest BCUT2D eigenvalue weighted by molar-refractivity contribution is 0.0212. The van der Waals surface area contributed by atoms with Crippen molar-refractivity contribution in [3.05, 3.63) is 34.9 Å². The summed E-state index contributed by atoms with van der Waals surface area (Å²) in [6, 6.07) is 7.58. The smallest absolute Gasteiger partial charge is 0.129 e. The van der Waals surface area contributed by atoms with Crippen LogP contribution < -0.4 is 0 Å². The number of hydrogen-bond acceptors (Lipinski definition) is 4. The highest BCUT2D eigenvalue weighted by Crippen LogP contribution is 2.10. The molecule has 0 spiro atoms. The molecule has 4 nitrogen and oxygen atoms in total. The molecule has 0 saturated carbocycles. The molecule has 1 aliphatic rings. The van der Waals surface area contributed by atoms with E-state index in [-0.39, 0.29) is 12.4 Å². The van der Waals surface area contributed by atoms with Gasteiger partial charge >= 0.3 is 0 Å². The van der Waals surface area contributed by atoms with Gasteiger partial charge in [0.2, 0.25) is 0 Å². The lowest BCUT2D eigenvalue weighted by Crippen LogP contribution is -2.38. The first-order valence-corrected chi connectivity index (χ1v) is 6.86. The number of rotatable bonds is 5. The molecule has 112 valence electrons. The van der Waals surface area contributed by atoms with Gasteiger partial charge in [-0.15, -0.1) is 12.4 Å². The van der Waals surface area contributed by atoms with Crippen LogP contribution in [0.1, 0.15) is 12.5 Å². The number of benzene rings is 1. The highest BCUT2D eigenvalue weighted by atomic mass is 35.5. The third-order valence-electron chi connectivity index (χ3n) is 3.07. The van der Waals surface area contributed by atoms with E-state index in [0.717, 1.165) is 49.1 Å². The third-order valence-corrected chi connectivity index (χ3v) is 3.32. The first kappa shape index (κ1) is 17.2. The number of morpholine rings is 1. The molecule has 0 radical (unpaired) electrons. The fraction of sp³-hybridized carbons (Fsp3) is 0.500. The summed E-state index contributed by atoms with van der Waals surface area (Å²) < 4.78 is 5.29. The van der Waals surface area contributed by atoms with Crippen LogP contribution in [0.15, 0.2) is 29.4 Å². The molecule has 0 aliphatic carbocycles. The Hall–Kier alpha value is -0.810. The molecular weight excluding hydrogens is 299 g/mol. The number of oxime groups is 1. The van der Waals surface area contributed by atoms with Crippen LogP contribution in [0.2, 0.25) is 5.02 Å². The van der Waals surface area contributed by atoms with Crippen molar-refractivity contribution in [2.45, 2.75) is 6.92 Å². The molecule has 1 heterocycles. The van der Waals surface area contributed by atoms with E-state index in [2.05, 4.69) is 10.1 Å². The Morgan fingerprint density at radius 2 is 1.95 bits per heavy atom. The van der Waals surface area contributed by atoms with Crippen LogP contribution in [-0.2, 0) is 9.57 Å². The van der Waals surface area contributed by atoms with E-state index in [1.54, 1.807) is 0 Å². The van der Waals surface area contributed by atoms with E-state index >= 15 is 0 Å². The van der Waals surface area contributed by atoms with Gasteiger partial charge < -0.3 is 9.57 Å². The molecule has 1 saturated heterocycles. The first-order valence-electron chi connectivity index (χ1n) is 6.48. The minimum atomic E-state index is 0. The zero-order valence-corrected chi connectivity index (χ0v) is 13.1. The van der Waals surface area contributed by atoms with Crippen molar-refractivity contribution in [2.24, 2.45) is 5.16 Å². The van der Waals surface area contributed by atoms with Crippen molar-refractivity contribution in [1.82, 2.24) is 4.90 Å². The Morgan fingerprint density at radius 3 is 2.60 bits per heavy atom. The molecule has 2 rings (SSSR count). The average Bonchev–Trinajstić information content (AvgIpc) is 2.45. The number of ether oxygens (including phenoxy) is 1. The van der Waals surface area contributed by atoms with Gasteiger partial charge in [0.15, 0.2) is 0 Å². The summed E-state index contributed by atoms with van der Waals surface area (Å²) >= 11 is 5.84. The molecule has 1 aromatic rings. The van der Waals surface area contributed by atoms with Gasteiger partial charge in [-0.2, -0.15) is 0 Å². The van der Waals surface area contributed by atoms with Crippen LogP contribution in [0.4, 0.5) is 0 Å². The highest BCUT2D eigenvalue weighted by molar-refractivity contribution is 6.30. The number of hydrogen-bond donors (Lipinski definition) is 0. The minimum Gasteiger partial charge on any atom is -0.394 e. The molecule has 1 aromatic carbocycles. The van der Waals surface area contributed by atoms with E-state index < -0.39 is 0 Å². The standard InChI is InChI=1S/C14H19ClN2O2.ClH/c1-12(13-2-4-14(15)5-3-13)16-19-11-8-17-6-9-18-10-7-17;/h2-5H,6-11H2,1H3;1H. The maximum absolute atomic E-state index is 5.84. The molecule has 20 heavy (non-hydrogen) atoms. The molecular formula is C14H20Cl2N2O2. The Kier molecular flexibility index (Phi) is 7.92. The van der Waals surface area contributed by atoms with E-state index in [9.17, 15) is 0 Å². The zero-order chi connectivity index (χ0) is 13.5. The second-order valence-electron chi connectivity index (χ2n) is 4.47. The van der Waals surface area contributed by atoms with Crippen LogP contribution in [0.5, 0.6) is 0 Å². The molecule has 1 aliphatic heterocycles. The average molecular weight is 319 g/mol. The number of nitrogens with zero attached hydrogens (tertiary/aromatic N) is 2. The summed E-state index contributed by atoms with van der Waals surface area (Å²) in [6.45, 7) is 7.00. The Balaban J connectivity index is 0.00000200. The quantitative estimate of drug-likeness (QED) is 0.475. The molecule has 1 fully saturated rings. The van der Waals surface area contributed by atoms with E-state index in [4.69, 9.17) is 21.2 Å². The number of halogens is 2. The van der Waals surface area contributed by atoms with Gasteiger partial charge in [-0.1, -0.05) is 28.9 Å². The molecule has 0 unspecified atom stereocenters. The van der Waals surface area contributed by atoms with Gasteiger partial charge in [-0.25, -0.2) is 0 Å². The second kappa shape index (κ2) is 9.19. The predicted molar refractivity (Wildman–Crippen MR) is 84.1 cm³/mol. The molecule has 0 atom stereocenters. The Morgan fingerprint density at radius 1 is 1.30 bits per heavy atom. The van der Waals surface area contributed by atoms with Crippen LogP contribution in [-0.4, -0.2) is 50.1 Å². The summed E-state index contributed by atoms with van der Waals surface area (Å²) in [5, 5.41) is 4.85. The lowest BCUT2D eigenvalue weighted by Gasteiger charge is -2.25. The van der Waals surface area contributed by atoms with Crippen molar-refractivity contribution in [1.29, 1.82) is 0 Å². The normalized spacial score (nSPS) is 16.6. The van der Waals surface area contributed by atoms with Gasteiger partial charge in [-0.05, 0) is 24.6 Å². The summed E-state index contributed by atoms with van der Waals surface area (Å²) in [6.07, 6.45) is 0. The fourth-order valence-electron chi connectivity index (χ4n) is 1.88. The monoisotopic (exact) mass is 318 g/mol. The van der Waals surface area contributed by atoms with Gasteiger partial charge in [0.25, 0.3) is 0 Å². The summed E-state index contributed by atoms with van der Waals surface area (Å²) in [5.41, 5.74) is 1.88. The maximum Gasteiger partial charge on any atom is 0.129 e. The van der Waals surface area contributed by atoms with Crippen LogP contribution in [0.3, 0.4) is 0 Å². The van der Waals surface area contributed by atoms with Gasteiger partial charge in [-0.3, -0.25) is 4.90 Å². The molecule has 0 N–H and O–H groups in total. The molecule has 0 amide bonds. The summed E-state index contributed by atoms with van der Waals surface area (Å²) in [5.74, 6) is 0. The first-order chi connectivity index (χ1) is 9.25. The zero-order valence-electron chi connectivity index (χ0n) is 11.5. The Bertz CT molecular complexity index is 418. The Labute approximate surface area is 131 Å².